The van der Waals surface area contributed by atoms with Crippen molar-refractivity contribution in [3.63, 3.8) is 0 Å². The molecule has 1 amide bonds. The lowest BCUT2D eigenvalue weighted by Crippen LogP contribution is -2.47. The van der Waals surface area contributed by atoms with Gasteiger partial charge in [0.2, 0.25) is 15.9 Å². The minimum Gasteiger partial charge on any atom is -0.497 e. The molecule has 1 unspecified atom stereocenters. The molecule has 0 spiro atoms. The van der Waals surface area contributed by atoms with Crippen LogP contribution in [-0.4, -0.2) is 48.3 Å². The minimum atomic E-state index is -3.89. The summed E-state index contributed by atoms with van der Waals surface area (Å²) >= 11 is 1.43. The first-order valence-electron chi connectivity index (χ1n) is 12.0. The smallest absolute Gasteiger partial charge is 0.247 e. The van der Waals surface area contributed by atoms with Crippen molar-refractivity contribution in [2.45, 2.75) is 44.2 Å². The molecule has 5 rings (SSSR count). The number of amides is 1. The average molecular weight is 537 g/mol. The van der Waals surface area contributed by atoms with Crippen molar-refractivity contribution in [1.29, 1.82) is 0 Å². The molecule has 3 heterocycles. The fraction of sp³-hybridized carbons (Fsp3) is 0.296. The van der Waals surface area contributed by atoms with Gasteiger partial charge in [-0.2, -0.15) is 4.31 Å². The minimum absolute atomic E-state index is 0.135. The Morgan fingerprint density at radius 3 is 2.65 bits per heavy atom. The normalized spacial score (nSPS) is 16.2. The van der Waals surface area contributed by atoms with E-state index in [0.29, 0.717) is 29.4 Å². The molecular formula is C27H28N4O4S2. The molecule has 0 saturated carbocycles. The van der Waals surface area contributed by atoms with Crippen LogP contribution in [0.15, 0.2) is 65.7 Å². The van der Waals surface area contributed by atoms with Gasteiger partial charge in [-0.05, 0) is 80.3 Å². The van der Waals surface area contributed by atoms with Crippen LogP contribution in [0.5, 0.6) is 5.75 Å². The van der Waals surface area contributed by atoms with Crippen LogP contribution < -0.4 is 9.64 Å². The third-order valence-corrected chi connectivity index (χ3v) is 9.46. The number of ether oxygens (including phenoxy) is 1. The third-order valence-electron chi connectivity index (χ3n) is 6.52. The number of anilines is 1. The summed E-state index contributed by atoms with van der Waals surface area (Å²) in [5.74, 6) is 0.268. The van der Waals surface area contributed by atoms with E-state index in [9.17, 15) is 13.2 Å². The Hall–Kier alpha value is -3.34. The number of methoxy groups -OCH3 is 1. The van der Waals surface area contributed by atoms with Crippen molar-refractivity contribution >= 4 is 42.6 Å². The Kier molecular flexibility index (Phi) is 6.98. The Balaban J connectivity index is 1.52. The summed E-state index contributed by atoms with van der Waals surface area (Å²) in [6.45, 7) is 4.51. The highest BCUT2D eigenvalue weighted by atomic mass is 32.2. The van der Waals surface area contributed by atoms with Crippen molar-refractivity contribution in [3.8, 4) is 5.75 Å². The van der Waals surface area contributed by atoms with E-state index in [1.165, 1.54) is 34.9 Å². The van der Waals surface area contributed by atoms with Crippen LogP contribution in [0.1, 0.15) is 29.7 Å². The van der Waals surface area contributed by atoms with E-state index in [-0.39, 0.29) is 23.9 Å². The first-order valence-corrected chi connectivity index (χ1v) is 14.3. The molecule has 192 valence electrons. The quantitative estimate of drug-likeness (QED) is 0.340. The number of fused-ring (bicyclic) bond motifs is 1. The van der Waals surface area contributed by atoms with Crippen LogP contribution in [0.2, 0.25) is 0 Å². The Labute approximate surface area is 220 Å². The maximum absolute atomic E-state index is 14.1. The number of hydrogen-bond acceptors (Lipinski definition) is 7. The van der Waals surface area contributed by atoms with E-state index in [0.717, 1.165) is 21.3 Å². The number of pyridine rings is 1. The molecule has 10 heteroatoms. The zero-order chi connectivity index (χ0) is 26.2. The summed E-state index contributed by atoms with van der Waals surface area (Å²) in [4.78, 5) is 25.1. The van der Waals surface area contributed by atoms with Crippen molar-refractivity contribution < 1.29 is 17.9 Å². The van der Waals surface area contributed by atoms with E-state index in [1.54, 1.807) is 23.2 Å². The summed E-state index contributed by atoms with van der Waals surface area (Å²) in [5, 5.41) is 0.535. The molecule has 0 aliphatic carbocycles. The lowest BCUT2D eigenvalue weighted by Gasteiger charge is -2.28. The highest BCUT2D eigenvalue weighted by molar-refractivity contribution is 7.89. The third kappa shape index (κ3) is 4.96. The highest BCUT2D eigenvalue weighted by Crippen LogP contribution is 2.35. The molecule has 1 fully saturated rings. The van der Waals surface area contributed by atoms with Gasteiger partial charge in [0.1, 0.15) is 11.8 Å². The first-order chi connectivity index (χ1) is 17.8. The van der Waals surface area contributed by atoms with Gasteiger partial charge in [0.15, 0.2) is 5.13 Å². The predicted octanol–water partition coefficient (Wildman–Crippen LogP) is 4.70. The summed E-state index contributed by atoms with van der Waals surface area (Å²) < 4.78 is 34.6. The Morgan fingerprint density at radius 1 is 1.16 bits per heavy atom. The summed E-state index contributed by atoms with van der Waals surface area (Å²) in [5.41, 5.74) is 3.70. The highest BCUT2D eigenvalue weighted by Gasteiger charge is 2.42. The topological polar surface area (TPSA) is 92.7 Å². The zero-order valence-electron chi connectivity index (χ0n) is 20.9. The molecule has 1 saturated heterocycles. The standard InChI is InChI=1S/C27H28N4O4S2/c1-18-15-19(2)25-24(16-18)36-27(29-25)30(17-20-7-4-5-13-28-20)26(32)23-8-6-14-31(23)37(33,34)22-11-9-21(35-3)10-12-22/h4-5,7,9-13,15-16,23H,6,8,14,17H2,1-3H3. The number of aryl methyl sites for hydroxylation is 2. The number of sulfonamides is 1. The van der Waals surface area contributed by atoms with Crippen LogP contribution in [0.25, 0.3) is 10.2 Å². The molecule has 0 radical (unpaired) electrons. The molecule has 2 aromatic carbocycles. The van der Waals surface area contributed by atoms with Gasteiger partial charge in [0, 0.05) is 12.7 Å². The number of carbonyl (C=O) groups excluding carboxylic acids is 1. The van der Waals surface area contributed by atoms with Gasteiger partial charge in [-0.15, -0.1) is 0 Å². The monoisotopic (exact) mass is 536 g/mol. The average Bonchev–Trinajstić information content (AvgIpc) is 3.56. The van der Waals surface area contributed by atoms with E-state index in [4.69, 9.17) is 9.72 Å². The number of carbonyl (C=O) groups is 1. The number of thiazole rings is 1. The van der Waals surface area contributed by atoms with Crippen molar-refractivity contribution in [2.75, 3.05) is 18.6 Å². The second-order valence-corrected chi connectivity index (χ2v) is 12.0. The SMILES string of the molecule is COc1ccc(S(=O)(=O)N2CCCC2C(=O)N(Cc2ccccn2)c2nc3c(C)cc(C)cc3s2)cc1. The first kappa shape index (κ1) is 25.3. The van der Waals surface area contributed by atoms with Gasteiger partial charge >= 0.3 is 0 Å². The lowest BCUT2D eigenvalue weighted by atomic mass is 10.1. The Morgan fingerprint density at radius 2 is 1.95 bits per heavy atom. The Bertz CT molecular complexity index is 1540. The fourth-order valence-electron chi connectivity index (χ4n) is 4.71. The molecule has 2 aromatic heterocycles. The molecule has 1 atom stereocenters. The van der Waals surface area contributed by atoms with E-state index < -0.39 is 16.1 Å². The molecular weight excluding hydrogens is 508 g/mol. The van der Waals surface area contributed by atoms with Gasteiger partial charge in [-0.25, -0.2) is 13.4 Å². The molecule has 1 aliphatic rings. The second-order valence-electron chi connectivity index (χ2n) is 9.12. The van der Waals surface area contributed by atoms with Gasteiger partial charge in [0.25, 0.3) is 0 Å². The van der Waals surface area contributed by atoms with E-state index in [2.05, 4.69) is 17.1 Å². The van der Waals surface area contributed by atoms with E-state index in [1.807, 2.05) is 32.0 Å². The van der Waals surface area contributed by atoms with Crippen LogP contribution >= 0.6 is 11.3 Å². The van der Waals surface area contributed by atoms with E-state index >= 15 is 0 Å². The van der Waals surface area contributed by atoms with Crippen LogP contribution in [-0.2, 0) is 21.4 Å². The van der Waals surface area contributed by atoms with Crippen LogP contribution in [0.3, 0.4) is 0 Å². The molecule has 8 nitrogen and oxygen atoms in total. The molecule has 1 aliphatic heterocycles. The number of aromatic nitrogens is 2. The summed E-state index contributed by atoms with van der Waals surface area (Å²) in [6, 6.07) is 15.1. The number of nitrogens with zero attached hydrogens (tertiary/aromatic N) is 4. The lowest BCUT2D eigenvalue weighted by molar-refractivity contribution is -0.121. The molecule has 0 bridgehead atoms. The summed E-state index contributed by atoms with van der Waals surface area (Å²) in [7, 11) is -2.36. The molecule has 37 heavy (non-hydrogen) atoms. The van der Waals surface area contributed by atoms with Gasteiger partial charge in [0.05, 0.1) is 34.5 Å². The zero-order valence-corrected chi connectivity index (χ0v) is 22.6. The van der Waals surface area contributed by atoms with Gasteiger partial charge in [-0.1, -0.05) is 23.5 Å². The number of benzene rings is 2. The van der Waals surface area contributed by atoms with Gasteiger partial charge < -0.3 is 4.74 Å². The molecule has 0 N–H and O–H groups in total. The van der Waals surface area contributed by atoms with Crippen molar-refractivity contribution in [3.05, 3.63) is 77.6 Å². The number of hydrogen-bond donors (Lipinski definition) is 0. The predicted molar refractivity (Wildman–Crippen MR) is 144 cm³/mol. The van der Waals surface area contributed by atoms with Gasteiger partial charge in [-0.3, -0.25) is 14.7 Å². The van der Waals surface area contributed by atoms with Crippen LogP contribution in [0, 0.1) is 13.8 Å². The maximum atomic E-state index is 14.1. The second kappa shape index (κ2) is 10.2. The largest absolute Gasteiger partial charge is 0.497 e. The molecule has 4 aromatic rings. The summed E-state index contributed by atoms with van der Waals surface area (Å²) in [6.07, 6.45) is 2.72. The number of rotatable bonds is 7. The van der Waals surface area contributed by atoms with Crippen molar-refractivity contribution in [2.24, 2.45) is 0 Å². The maximum Gasteiger partial charge on any atom is 0.247 e. The fourth-order valence-corrected chi connectivity index (χ4v) is 7.50. The van der Waals surface area contributed by atoms with Crippen LogP contribution in [0.4, 0.5) is 5.13 Å². The van der Waals surface area contributed by atoms with Crippen molar-refractivity contribution in [1.82, 2.24) is 14.3 Å².